The lowest BCUT2D eigenvalue weighted by atomic mass is 9.90. The Morgan fingerprint density at radius 2 is 2.25 bits per heavy atom. The first kappa shape index (κ1) is 13.1. The molecule has 0 bridgehead atoms. The monoisotopic (exact) mass is 268 g/mol. The molecule has 0 amide bonds. The van der Waals surface area contributed by atoms with E-state index in [4.69, 9.17) is 4.74 Å². The van der Waals surface area contributed by atoms with Crippen LogP contribution in [-0.2, 0) is 0 Å². The number of hydrogen-bond donors (Lipinski definition) is 1. The van der Waals surface area contributed by atoms with Gasteiger partial charge in [-0.25, -0.2) is 0 Å². The number of para-hydroxylation sites is 1. The molecule has 0 fully saturated rings. The molecule has 0 spiro atoms. The number of pyridine rings is 1. The Labute approximate surface area is 120 Å². The SMILES string of the molecule is CCNC[C@@H]1CCOc2c(-c3cccnc3)cccc21. The van der Waals surface area contributed by atoms with Gasteiger partial charge >= 0.3 is 0 Å². The van der Waals surface area contributed by atoms with Gasteiger partial charge in [-0.2, -0.15) is 0 Å². The maximum absolute atomic E-state index is 5.96. The average molecular weight is 268 g/mol. The smallest absolute Gasteiger partial charge is 0.130 e. The average Bonchev–Trinajstić information content (AvgIpc) is 2.53. The fourth-order valence-corrected chi connectivity index (χ4v) is 2.78. The van der Waals surface area contributed by atoms with Crippen molar-refractivity contribution in [2.24, 2.45) is 0 Å². The maximum atomic E-state index is 5.96. The van der Waals surface area contributed by atoms with E-state index in [0.717, 1.165) is 43.0 Å². The van der Waals surface area contributed by atoms with Gasteiger partial charge in [0.25, 0.3) is 0 Å². The zero-order valence-corrected chi connectivity index (χ0v) is 11.8. The summed E-state index contributed by atoms with van der Waals surface area (Å²) in [5.41, 5.74) is 3.59. The summed E-state index contributed by atoms with van der Waals surface area (Å²) in [6, 6.07) is 10.5. The number of likely N-dealkylation sites (N-methyl/N-ethyl adjacent to an activating group) is 1. The normalized spacial score (nSPS) is 17.4. The third kappa shape index (κ3) is 2.54. The van der Waals surface area contributed by atoms with Crippen molar-refractivity contribution in [2.45, 2.75) is 19.3 Å². The van der Waals surface area contributed by atoms with Crippen LogP contribution in [0.2, 0.25) is 0 Å². The number of benzene rings is 1. The van der Waals surface area contributed by atoms with E-state index in [2.05, 4.69) is 41.5 Å². The minimum Gasteiger partial charge on any atom is -0.493 e. The van der Waals surface area contributed by atoms with Gasteiger partial charge in [0.1, 0.15) is 5.75 Å². The van der Waals surface area contributed by atoms with Gasteiger partial charge in [0.05, 0.1) is 6.61 Å². The number of ether oxygens (including phenoxy) is 1. The molecule has 0 saturated heterocycles. The Bertz CT molecular complexity index is 568. The first-order chi connectivity index (χ1) is 9.90. The van der Waals surface area contributed by atoms with E-state index >= 15 is 0 Å². The predicted molar refractivity (Wildman–Crippen MR) is 81.1 cm³/mol. The molecule has 0 radical (unpaired) electrons. The lowest BCUT2D eigenvalue weighted by molar-refractivity contribution is 0.266. The van der Waals surface area contributed by atoms with Gasteiger partial charge in [0.15, 0.2) is 0 Å². The van der Waals surface area contributed by atoms with Gasteiger partial charge in [-0.05, 0) is 24.6 Å². The zero-order valence-electron chi connectivity index (χ0n) is 11.8. The highest BCUT2D eigenvalue weighted by atomic mass is 16.5. The number of hydrogen-bond acceptors (Lipinski definition) is 3. The van der Waals surface area contributed by atoms with E-state index in [-0.39, 0.29) is 0 Å². The standard InChI is InChI=1S/C17H20N2O/c1-2-18-11-14-8-10-20-17-15(6-3-7-16(14)17)13-5-4-9-19-12-13/h3-7,9,12,14,18H,2,8,10-11H2,1H3/t14-/m0/s1. The molecule has 0 saturated carbocycles. The van der Waals surface area contributed by atoms with Gasteiger partial charge in [0, 0.05) is 36.0 Å². The van der Waals surface area contributed by atoms with E-state index < -0.39 is 0 Å². The van der Waals surface area contributed by atoms with Gasteiger partial charge in [-0.3, -0.25) is 4.98 Å². The zero-order chi connectivity index (χ0) is 13.8. The minimum absolute atomic E-state index is 0.537. The van der Waals surface area contributed by atoms with Gasteiger partial charge in [-0.15, -0.1) is 0 Å². The summed E-state index contributed by atoms with van der Waals surface area (Å²) in [7, 11) is 0. The molecule has 0 aliphatic carbocycles. The quantitative estimate of drug-likeness (QED) is 0.924. The molecule has 3 rings (SSSR count). The molecule has 20 heavy (non-hydrogen) atoms. The third-order valence-corrected chi connectivity index (χ3v) is 3.81. The van der Waals surface area contributed by atoms with Crippen LogP contribution in [0.5, 0.6) is 5.75 Å². The molecule has 1 aromatic carbocycles. The number of aromatic nitrogens is 1. The van der Waals surface area contributed by atoms with Crippen molar-refractivity contribution >= 4 is 0 Å². The Morgan fingerprint density at radius 1 is 1.30 bits per heavy atom. The summed E-state index contributed by atoms with van der Waals surface area (Å²) in [6.45, 7) is 4.96. The fourth-order valence-electron chi connectivity index (χ4n) is 2.78. The third-order valence-electron chi connectivity index (χ3n) is 3.81. The molecule has 2 aromatic rings. The Morgan fingerprint density at radius 3 is 3.05 bits per heavy atom. The van der Waals surface area contributed by atoms with Crippen LogP contribution >= 0.6 is 0 Å². The lowest BCUT2D eigenvalue weighted by Gasteiger charge is -2.28. The highest BCUT2D eigenvalue weighted by Gasteiger charge is 2.23. The summed E-state index contributed by atoms with van der Waals surface area (Å²) >= 11 is 0. The molecular formula is C17H20N2O. The van der Waals surface area contributed by atoms with Crippen LogP contribution in [-0.4, -0.2) is 24.7 Å². The van der Waals surface area contributed by atoms with Crippen molar-refractivity contribution in [1.82, 2.24) is 10.3 Å². The summed E-state index contributed by atoms with van der Waals surface area (Å²) in [5, 5.41) is 3.45. The molecule has 1 N–H and O–H groups in total. The predicted octanol–water partition coefficient (Wildman–Crippen LogP) is 3.22. The molecule has 1 aliphatic heterocycles. The van der Waals surface area contributed by atoms with Gasteiger partial charge in [0.2, 0.25) is 0 Å². The summed E-state index contributed by atoms with van der Waals surface area (Å²) in [6.07, 6.45) is 4.77. The van der Waals surface area contributed by atoms with Crippen molar-refractivity contribution in [2.75, 3.05) is 19.7 Å². The van der Waals surface area contributed by atoms with Crippen LogP contribution < -0.4 is 10.1 Å². The fraction of sp³-hybridized carbons (Fsp3) is 0.353. The molecule has 1 aromatic heterocycles. The number of rotatable bonds is 4. The lowest BCUT2D eigenvalue weighted by Crippen LogP contribution is -2.25. The van der Waals surface area contributed by atoms with E-state index in [1.165, 1.54) is 5.56 Å². The van der Waals surface area contributed by atoms with Crippen LogP contribution in [0.4, 0.5) is 0 Å². The van der Waals surface area contributed by atoms with Crippen LogP contribution in [0, 0.1) is 0 Å². The number of nitrogens with zero attached hydrogens (tertiary/aromatic N) is 1. The van der Waals surface area contributed by atoms with E-state index in [0.29, 0.717) is 5.92 Å². The summed E-state index contributed by atoms with van der Waals surface area (Å²) < 4.78 is 5.96. The van der Waals surface area contributed by atoms with Crippen molar-refractivity contribution < 1.29 is 4.74 Å². The Hall–Kier alpha value is -1.87. The molecule has 2 heterocycles. The highest BCUT2D eigenvalue weighted by molar-refractivity contribution is 5.72. The second-order valence-electron chi connectivity index (χ2n) is 5.11. The maximum Gasteiger partial charge on any atom is 0.130 e. The molecule has 104 valence electrons. The van der Waals surface area contributed by atoms with Crippen LogP contribution in [0.3, 0.4) is 0 Å². The van der Waals surface area contributed by atoms with E-state index in [1.807, 2.05) is 12.3 Å². The van der Waals surface area contributed by atoms with Crippen molar-refractivity contribution in [3.8, 4) is 16.9 Å². The first-order valence-corrected chi connectivity index (χ1v) is 7.27. The van der Waals surface area contributed by atoms with Crippen molar-refractivity contribution in [3.63, 3.8) is 0 Å². The Kier molecular flexibility index (Phi) is 3.97. The van der Waals surface area contributed by atoms with Crippen molar-refractivity contribution in [3.05, 3.63) is 48.3 Å². The largest absolute Gasteiger partial charge is 0.493 e. The van der Waals surface area contributed by atoms with E-state index in [9.17, 15) is 0 Å². The molecule has 3 nitrogen and oxygen atoms in total. The van der Waals surface area contributed by atoms with E-state index in [1.54, 1.807) is 6.20 Å². The molecule has 0 unspecified atom stereocenters. The van der Waals surface area contributed by atoms with Crippen LogP contribution in [0.1, 0.15) is 24.8 Å². The summed E-state index contributed by atoms with van der Waals surface area (Å²) in [4.78, 5) is 4.21. The van der Waals surface area contributed by atoms with Crippen LogP contribution in [0.25, 0.3) is 11.1 Å². The highest BCUT2D eigenvalue weighted by Crippen LogP contribution is 2.40. The summed E-state index contributed by atoms with van der Waals surface area (Å²) in [5.74, 6) is 1.57. The second kappa shape index (κ2) is 6.06. The van der Waals surface area contributed by atoms with Gasteiger partial charge in [-0.1, -0.05) is 31.2 Å². The topological polar surface area (TPSA) is 34.1 Å². The second-order valence-corrected chi connectivity index (χ2v) is 5.11. The molecule has 1 atom stereocenters. The molecular weight excluding hydrogens is 248 g/mol. The number of nitrogens with one attached hydrogen (secondary N) is 1. The van der Waals surface area contributed by atoms with Crippen LogP contribution in [0.15, 0.2) is 42.7 Å². The number of fused-ring (bicyclic) bond motifs is 1. The van der Waals surface area contributed by atoms with Gasteiger partial charge < -0.3 is 10.1 Å². The first-order valence-electron chi connectivity index (χ1n) is 7.27. The molecule has 1 aliphatic rings. The minimum atomic E-state index is 0.537. The van der Waals surface area contributed by atoms with Crippen molar-refractivity contribution in [1.29, 1.82) is 0 Å². The molecule has 3 heteroatoms. The Balaban J connectivity index is 1.99.